The summed E-state index contributed by atoms with van der Waals surface area (Å²) in [5, 5.41) is 6.25. The number of hydrogen-bond acceptors (Lipinski definition) is 4. The van der Waals surface area contributed by atoms with Crippen molar-refractivity contribution in [2.24, 2.45) is 0 Å². The number of aromatic nitrogens is 1. The van der Waals surface area contributed by atoms with Crippen molar-refractivity contribution in [1.82, 2.24) is 10.1 Å². The van der Waals surface area contributed by atoms with Gasteiger partial charge >= 0.3 is 0 Å². The number of halogens is 1. The van der Waals surface area contributed by atoms with E-state index >= 15 is 0 Å². The third-order valence-electron chi connectivity index (χ3n) is 4.74. The van der Waals surface area contributed by atoms with Crippen LogP contribution in [0.1, 0.15) is 47.8 Å². The number of amides is 1. The number of thiophene rings is 1. The van der Waals surface area contributed by atoms with Crippen molar-refractivity contribution in [3.05, 3.63) is 64.9 Å². The summed E-state index contributed by atoms with van der Waals surface area (Å²) in [7, 11) is 0. The maximum Gasteiger partial charge on any atom is 0.254 e. The van der Waals surface area contributed by atoms with Crippen LogP contribution in [0, 0.1) is 5.82 Å². The van der Waals surface area contributed by atoms with Crippen LogP contribution >= 0.6 is 11.3 Å². The van der Waals surface area contributed by atoms with E-state index in [0.29, 0.717) is 12.1 Å². The Morgan fingerprint density at radius 2 is 2.04 bits per heavy atom. The van der Waals surface area contributed by atoms with Crippen LogP contribution in [0.5, 0.6) is 0 Å². The first-order chi connectivity index (χ1) is 12.7. The van der Waals surface area contributed by atoms with Gasteiger partial charge in [-0.15, -0.1) is 11.3 Å². The highest BCUT2D eigenvalue weighted by molar-refractivity contribution is 7.13. The summed E-state index contributed by atoms with van der Waals surface area (Å²) >= 11 is 1.60. The molecule has 3 heterocycles. The normalized spacial score (nSPS) is 17.9. The van der Waals surface area contributed by atoms with Crippen LogP contribution in [0.4, 0.5) is 4.39 Å². The predicted molar refractivity (Wildman–Crippen MR) is 98.5 cm³/mol. The molecule has 1 fully saturated rings. The van der Waals surface area contributed by atoms with Gasteiger partial charge in [0.05, 0.1) is 10.9 Å². The average molecular weight is 370 g/mol. The molecule has 0 bridgehead atoms. The van der Waals surface area contributed by atoms with E-state index in [9.17, 15) is 9.18 Å². The molecule has 2 aromatic heterocycles. The molecule has 1 saturated heterocycles. The van der Waals surface area contributed by atoms with Crippen LogP contribution in [0.2, 0.25) is 0 Å². The lowest BCUT2D eigenvalue weighted by atomic mass is 10.0. The van der Waals surface area contributed by atoms with Gasteiger partial charge in [-0.25, -0.2) is 4.39 Å². The summed E-state index contributed by atoms with van der Waals surface area (Å²) in [5.41, 5.74) is 1.28. The minimum absolute atomic E-state index is 0.0856. The first kappa shape index (κ1) is 17.0. The SMILES string of the molecule is O=C(c1ccc(F)cc1)N1CCCCC[C@@H]1c1cc(-c2cccs2)on1. The second-order valence-electron chi connectivity index (χ2n) is 6.46. The van der Waals surface area contributed by atoms with Gasteiger partial charge in [0, 0.05) is 18.2 Å². The van der Waals surface area contributed by atoms with E-state index in [1.54, 1.807) is 23.5 Å². The molecule has 0 radical (unpaired) electrons. The fourth-order valence-corrected chi connectivity index (χ4v) is 4.07. The fraction of sp³-hybridized carbons (Fsp3) is 0.300. The van der Waals surface area contributed by atoms with Gasteiger partial charge < -0.3 is 9.42 Å². The highest BCUT2D eigenvalue weighted by Gasteiger charge is 2.30. The Bertz CT molecular complexity index is 874. The lowest BCUT2D eigenvalue weighted by Crippen LogP contribution is -2.35. The molecule has 0 unspecified atom stereocenters. The van der Waals surface area contributed by atoms with E-state index in [4.69, 9.17) is 4.52 Å². The Hall–Kier alpha value is -2.47. The molecule has 3 aromatic rings. The van der Waals surface area contributed by atoms with E-state index in [-0.39, 0.29) is 17.8 Å². The summed E-state index contributed by atoms with van der Waals surface area (Å²) in [6, 6.07) is 11.5. The van der Waals surface area contributed by atoms with Gasteiger partial charge in [-0.05, 0) is 48.6 Å². The van der Waals surface area contributed by atoms with E-state index in [1.165, 1.54) is 12.1 Å². The molecule has 134 valence electrons. The third kappa shape index (κ3) is 3.42. The molecular weight excluding hydrogens is 351 g/mol. The van der Waals surface area contributed by atoms with Crippen molar-refractivity contribution >= 4 is 17.2 Å². The number of carbonyl (C=O) groups excluding carboxylic acids is 1. The zero-order valence-corrected chi connectivity index (χ0v) is 15.0. The monoisotopic (exact) mass is 370 g/mol. The van der Waals surface area contributed by atoms with E-state index in [2.05, 4.69) is 5.16 Å². The minimum atomic E-state index is -0.342. The summed E-state index contributed by atoms with van der Waals surface area (Å²) in [6.45, 7) is 0.669. The van der Waals surface area contributed by atoms with E-state index < -0.39 is 0 Å². The number of hydrogen-bond donors (Lipinski definition) is 0. The van der Waals surface area contributed by atoms with Gasteiger partial charge in [0.1, 0.15) is 11.5 Å². The predicted octanol–water partition coefficient (Wildman–Crippen LogP) is 5.30. The van der Waals surface area contributed by atoms with Gasteiger partial charge in [-0.1, -0.05) is 24.1 Å². The van der Waals surface area contributed by atoms with Crippen molar-refractivity contribution < 1.29 is 13.7 Å². The fourth-order valence-electron chi connectivity index (χ4n) is 3.40. The van der Waals surface area contributed by atoms with Crippen LogP contribution < -0.4 is 0 Å². The molecule has 0 N–H and O–H groups in total. The molecule has 0 spiro atoms. The third-order valence-corrected chi connectivity index (χ3v) is 5.62. The molecule has 6 heteroatoms. The zero-order valence-electron chi connectivity index (χ0n) is 14.2. The summed E-state index contributed by atoms with van der Waals surface area (Å²) < 4.78 is 18.7. The molecule has 0 aliphatic carbocycles. The van der Waals surface area contributed by atoms with Gasteiger partial charge in [-0.2, -0.15) is 0 Å². The van der Waals surface area contributed by atoms with Crippen molar-refractivity contribution in [3.63, 3.8) is 0 Å². The Balaban J connectivity index is 1.63. The highest BCUT2D eigenvalue weighted by atomic mass is 32.1. The van der Waals surface area contributed by atoms with Crippen molar-refractivity contribution in [2.45, 2.75) is 31.7 Å². The number of nitrogens with zero attached hydrogens (tertiary/aromatic N) is 2. The first-order valence-corrected chi connectivity index (χ1v) is 9.67. The molecule has 1 amide bonds. The topological polar surface area (TPSA) is 46.3 Å². The smallest absolute Gasteiger partial charge is 0.254 e. The van der Waals surface area contributed by atoms with Crippen molar-refractivity contribution in [1.29, 1.82) is 0 Å². The highest BCUT2D eigenvalue weighted by Crippen LogP contribution is 2.34. The van der Waals surface area contributed by atoms with Crippen LogP contribution in [0.3, 0.4) is 0 Å². The van der Waals surface area contributed by atoms with Crippen molar-refractivity contribution in [2.75, 3.05) is 6.54 Å². The zero-order chi connectivity index (χ0) is 17.9. The van der Waals surface area contributed by atoms with Crippen LogP contribution in [0.15, 0.2) is 52.4 Å². The van der Waals surface area contributed by atoms with Gasteiger partial charge in [-0.3, -0.25) is 4.79 Å². The van der Waals surface area contributed by atoms with Gasteiger partial charge in [0.15, 0.2) is 5.76 Å². The van der Waals surface area contributed by atoms with Crippen LogP contribution in [-0.2, 0) is 0 Å². The lowest BCUT2D eigenvalue weighted by molar-refractivity contribution is 0.0674. The van der Waals surface area contributed by atoms with Gasteiger partial charge in [0.25, 0.3) is 5.91 Å². The van der Waals surface area contributed by atoms with E-state index in [1.807, 2.05) is 28.5 Å². The summed E-state index contributed by atoms with van der Waals surface area (Å²) in [4.78, 5) is 15.9. The lowest BCUT2D eigenvalue weighted by Gasteiger charge is -2.28. The number of carbonyl (C=O) groups is 1. The average Bonchev–Trinajstić information content (AvgIpc) is 3.29. The Morgan fingerprint density at radius 3 is 2.81 bits per heavy atom. The van der Waals surface area contributed by atoms with Crippen molar-refractivity contribution in [3.8, 4) is 10.6 Å². The second-order valence-corrected chi connectivity index (χ2v) is 7.41. The molecule has 1 aromatic carbocycles. The molecule has 1 aliphatic heterocycles. The molecule has 26 heavy (non-hydrogen) atoms. The molecule has 0 saturated carbocycles. The molecule has 4 rings (SSSR count). The molecule has 4 nitrogen and oxygen atoms in total. The Kier molecular flexibility index (Phi) is 4.84. The quantitative estimate of drug-likeness (QED) is 0.628. The maximum atomic E-state index is 13.2. The Morgan fingerprint density at radius 1 is 1.19 bits per heavy atom. The summed E-state index contributed by atoms with van der Waals surface area (Å²) in [6.07, 6.45) is 3.93. The second kappa shape index (κ2) is 7.41. The molecule has 1 atom stereocenters. The summed E-state index contributed by atoms with van der Waals surface area (Å²) in [5.74, 6) is 0.303. The minimum Gasteiger partial charge on any atom is -0.355 e. The largest absolute Gasteiger partial charge is 0.355 e. The number of likely N-dealkylation sites (tertiary alicyclic amines) is 1. The van der Waals surface area contributed by atoms with Crippen LogP contribution in [-0.4, -0.2) is 22.5 Å². The molecule has 1 aliphatic rings. The van der Waals surface area contributed by atoms with Crippen LogP contribution in [0.25, 0.3) is 10.6 Å². The first-order valence-electron chi connectivity index (χ1n) is 8.79. The standard InChI is InChI=1S/C20H19FN2O2S/c21-15-9-7-14(8-10-15)20(24)23-11-3-1-2-5-17(23)16-13-18(25-22-16)19-6-4-12-26-19/h4,6-10,12-13,17H,1-3,5,11H2/t17-/m1/s1. The number of rotatable bonds is 3. The van der Waals surface area contributed by atoms with Gasteiger partial charge in [0.2, 0.25) is 0 Å². The molecular formula is C20H19FN2O2S. The van der Waals surface area contributed by atoms with E-state index in [0.717, 1.165) is 42.0 Å². The Labute approximate surface area is 155 Å². The maximum absolute atomic E-state index is 13.2. The number of benzene rings is 1.